The zero-order valence-corrected chi connectivity index (χ0v) is 10.9. The van der Waals surface area contributed by atoms with Crippen LogP contribution in [0.2, 0.25) is 0 Å². The number of aliphatic hydroxyl groups excluding tert-OH is 1. The highest BCUT2D eigenvalue weighted by molar-refractivity contribution is 7.12. The van der Waals surface area contributed by atoms with Gasteiger partial charge in [0, 0.05) is 9.75 Å². The van der Waals surface area contributed by atoms with Crippen molar-refractivity contribution < 1.29 is 14.6 Å². The normalized spacial score (nSPS) is 15.4. The summed E-state index contributed by atoms with van der Waals surface area (Å²) < 4.78 is 11.0. The van der Waals surface area contributed by atoms with Crippen LogP contribution in [-0.4, -0.2) is 18.3 Å². The van der Waals surface area contributed by atoms with E-state index in [1.165, 1.54) is 4.88 Å². The summed E-state index contributed by atoms with van der Waals surface area (Å²) in [5.74, 6) is 1.46. The van der Waals surface area contributed by atoms with Gasteiger partial charge in [0.1, 0.15) is 19.3 Å². The highest BCUT2D eigenvalue weighted by atomic mass is 32.1. The average molecular weight is 262 g/mol. The van der Waals surface area contributed by atoms with Gasteiger partial charge in [0.25, 0.3) is 0 Å². The van der Waals surface area contributed by atoms with Crippen LogP contribution in [0.4, 0.5) is 0 Å². The van der Waals surface area contributed by atoms with Crippen molar-refractivity contribution >= 4 is 11.3 Å². The smallest absolute Gasteiger partial charge is 0.161 e. The zero-order chi connectivity index (χ0) is 12.5. The van der Waals surface area contributed by atoms with Crippen molar-refractivity contribution in [2.45, 2.75) is 13.0 Å². The van der Waals surface area contributed by atoms with E-state index in [1.54, 1.807) is 11.3 Å². The summed E-state index contributed by atoms with van der Waals surface area (Å²) in [4.78, 5) is 2.14. The molecule has 1 aliphatic heterocycles. The van der Waals surface area contributed by atoms with E-state index >= 15 is 0 Å². The zero-order valence-electron chi connectivity index (χ0n) is 10.1. The molecule has 0 saturated heterocycles. The third-order valence-electron chi connectivity index (χ3n) is 2.91. The van der Waals surface area contributed by atoms with E-state index in [4.69, 9.17) is 9.47 Å². The Morgan fingerprint density at radius 2 is 1.89 bits per heavy atom. The Hall–Kier alpha value is -1.52. The lowest BCUT2D eigenvalue weighted by Gasteiger charge is -2.20. The van der Waals surface area contributed by atoms with Crippen molar-refractivity contribution in [1.29, 1.82) is 0 Å². The lowest BCUT2D eigenvalue weighted by Crippen LogP contribution is -2.15. The van der Waals surface area contributed by atoms with Gasteiger partial charge >= 0.3 is 0 Å². The molecule has 0 fully saturated rings. The molecule has 2 aromatic rings. The summed E-state index contributed by atoms with van der Waals surface area (Å²) in [7, 11) is 0. The van der Waals surface area contributed by atoms with Gasteiger partial charge in [0.05, 0.1) is 0 Å². The van der Waals surface area contributed by atoms with Crippen LogP contribution < -0.4 is 9.47 Å². The number of fused-ring (bicyclic) bond motifs is 1. The number of hydrogen-bond donors (Lipinski definition) is 1. The highest BCUT2D eigenvalue weighted by Gasteiger charge is 2.17. The lowest BCUT2D eigenvalue weighted by molar-refractivity contribution is 0.170. The summed E-state index contributed by atoms with van der Waals surface area (Å²) >= 11 is 1.61. The van der Waals surface area contributed by atoms with Gasteiger partial charge in [-0.15, -0.1) is 11.3 Å². The first kappa shape index (κ1) is 11.6. The summed E-state index contributed by atoms with van der Waals surface area (Å²) in [5.41, 5.74) is 0.834. The molecular weight excluding hydrogens is 248 g/mol. The van der Waals surface area contributed by atoms with Crippen molar-refractivity contribution in [2.24, 2.45) is 0 Å². The number of ether oxygens (including phenoxy) is 2. The van der Waals surface area contributed by atoms with E-state index in [0.717, 1.165) is 16.2 Å². The number of hydrogen-bond acceptors (Lipinski definition) is 4. The Balaban J connectivity index is 1.92. The second-order valence-corrected chi connectivity index (χ2v) is 5.57. The molecule has 1 atom stereocenters. The summed E-state index contributed by atoms with van der Waals surface area (Å²) in [6, 6.07) is 9.57. The van der Waals surface area contributed by atoms with E-state index in [1.807, 2.05) is 37.3 Å². The van der Waals surface area contributed by atoms with Crippen molar-refractivity contribution in [3.05, 3.63) is 45.6 Å². The van der Waals surface area contributed by atoms with Gasteiger partial charge in [-0.1, -0.05) is 6.07 Å². The second kappa shape index (κ2) is 4.63. The van der Waals surface area contributed by atoms with Crippen LogP contribution in [0.1, 0.15) is 21.4 Å². The first-order valence-corrected chi connectivity index (χ1v) is 6.69. The van der Waals surface area contributed by atoms with Crippen molar-refractivity contribution in [3.8, 4) is 11.5 Å². The van der Waals surface area contributed by atoms with Gasteiger partial charge in [-0.3, -0.25) is 0 Å². The van der Waals surface area contributed by atoms with Crippen molar-refractivity contribution in [1.82, 2.24) is 0 Å². The van der Waals surface area contributed by atoms with Crippen LogP contribution >= 0.6 is 11.3 Å². The molecule has 0 unspecified atom stereocenters. The molecule has 3 nitrogen and oxygen atoms in total. The van der Waals surface area contributed by atoms with Gasteiger partial charge in [-0.25, -0.2) is 0 Å². The summed E-state index contributed by atoms with van der Waals surface area (Å²) in [5, 5.41) is 10.3. The molecule has 1 N–H and O–H groups in total. The van der Waals surface area contributed by atoms with Crippen LogP contribution in [-0.2, 0) is 0 Å². The molecular formula is C14H14O3S. The Morgan fingerprint density at radius 3 is 2.61 bits per heavy atom. The minimum atomic E-state index is -0.598. The molecule has 0 spiro atoms. The predicted molar refractivity (Wildman–Crippen MR) is 70.5 cm³/mol. The summed E-state index contributed by atoms with van der Waals surface area (Å²) in [6.45, 7) is 3.17. The Labute approximate surface area is 110 Å². The maximum absolute atomic E-state index is 10.3. The topological polar surface area (TPSA) is 38.7 Å². The highest BCUT2D eigenvalue weighted by Crippen LogP contribution is 2.35. The van der Waals surface area contributed by atoms with Gasteiger partial charge in [-0.05, 0) is 36.8 Å². The first-order valence-electron chi connectivity index (χ1n) is 5.88. The summed E-state index contributed by atoms with van der Waals surface area (Å²) in [6.07, 6.45) is -0.598. The van der Waals surface area contributed by atoms with Gasteiger partial charge in [-0.2, -0.15) is 0 Å². The maximum atomic E-state index is 10.3. The molecule has 0 saturated carbocycles. The third kappa shape index (κ3) is 2.09. The Morgan fingerprint density at radius 1 is 1.11 bits per heavy atom. The molecule has 1 aromatic carbocycles. The molecule has 4 heteroatoms. The van der Waals surface area contributed by atoms with E-state index in [-0.39, 0.29) is 0 Å². The molecule has 0 amide bonds. The molecule has 18 heavy (non-hydrogen) atoms. The number of thiophene rings is 1. The first-order chi connectivity index (χ1) is 8.74. The molecule has 0 bridgehead atoms. The fraction of sp³-hybridized carbons (Fsp3) is 0.286. The monoisotopic (exact) mass is 262 g/mol. The number of benzene rings is 1. The molecule has 1 aliphatic rings. The Bertz CT molecular complexity index is 562. The quantitative estimate of drug-likeness (QED) is 0.904. The van der Waals surface area contributed by atoms with Gasteiger partial charge < -0.3 is 14.6 Å². The van der Waals surface area contributed by atoms with E-state index in [0.29, 0.717) is 19.0 Å². The SMILES string of the molecule is Cc1ccc([C@H](O)c2ccc3c(c2)OCCO3)s1. The standard InChI is InChI=1S/C14H14O3S/c1-9-2-5-13(18-9)14(15)10-3-4-11-12(8-10)17-7-6-16-11/h2-5,8,14-15H,6-7H2,1H3/t14-/m1/s1. The molecule has 2 heterocycles. The van der Waals surface area contributed by atoms with Crippen LogP contribution in [0.15, 0.2) is 30.3 Å². The average Bonchev–Trinajstić information content (AvgIpc) is 2.84. The third-order valence-corrected chi connectivity index (χ3v) is 3.97. The minimum Gasteiger partial charge on any atom is -0.486 e. The van der Waals surface area contributed by atoms with Crippen LogP contribution in [0, 0.1) is 6.92 Å². The Kier molecular flexibility index (Phi) is 2.97. The van der Waals surface area contributed by atoms with Gasteiger partial charge in [0.15, 0.2) is 11.5 Å². The molecule has 0 radical (unpaired) electrons. The van der Waals surface area contributed by atoms with Gasteiger partial charge in [0.2, 0.25) is 0 Å². The fourth-order valence-corrected chi connectivity index (χ4v) is 2.89. The van der Waals surface area contributed by atoms with E-state index < -0.39 is 6.10 Å². The number of rotatable bonds is 2. The second-order valence-electron chi connectivity index (χ2n) is 4.25. The fourth-order valence-electron chi connectivity index (χ4n) is 1.99. The van der Waals surface area contributed by atoms with Crippen LogP contribution in [0.25, 0.3) is 0 Å². The minimum absolute atomic E-state index is 0.560. The molecule has 3 rings (SSSR count). The molecule has 0 aliphatic carbocycles. The maximum Gasteiger partial charge on any atom is 0.161 e. The molecule has 1 aromatic heterocycles. The number of aryl methyl sites for hydroxylation is 1. The van der Waals surface area contributed by atoms with E-state index in [2.05, 4.69) is 0 Å². The largest absolute Gasteiger partial charge is 0.486 e. The van der Waals surface area contributed by atoms with Crippen molar-refractivity contribution in [3.63, 3.8) is 0 Å². The van der Waals surface area contributed by atoms with E-state index in [9.17, 15) is 5.11 Å². The lowest BCUT2D eigenvalue weighted by atomic mass is 10.1. The predicted octanol–water partition coefficient (Wildman–Crippen LogP) is 2.91. The van der Waals surface area contributed by atoms with Crippen LogP contribution in [0.3, 0.4) is 0 Å². The van der Waals surface area contributed by atoms with Crippen LogP contribution in [0.5, 0.6) is 11.5 Å². The van der Waals surface area contributed by atoms with Crippen molar-refractivity contribution in [2.75, 3.05) is 13.2 Å². The number of aliphatic hydroxyl groups is 1. The molecule has 94 valence electrons.